The van der Waals surface area contributed by atoms with Gasteiger partial charge in [-0.3, -0.25) is 9.67 Å². The van der Waals surface area contributed by atoms with Gasteiger partial charge in [-0.25, -0.2) is 0 Å². The van der Waals surface area contributed by atoms with Crippen LogP contribution in [0.1, 0.15) is 34.9 Å². The van der Waals surface area contributed by atoms with E-state index in [1.54, 1.807) is 0 Å². The van der Waals surface area contributed by atoms with Crippen LogP contribution in [0.3, 0.4) is 0 Å². The van der Waals surface area contributed by atoms with Crippen molar-refractivity contribution >= 4 is 5.96 Å². The number of aromatic nitrogens is 2. The fraction of sp³-hybridized carbons (Fsp3) is 0.333. The van der Waals surface area contributed by atoms with Crippen LogP contribution in [0, 0.1) is 0 Å². The van der Waals surface area contributed by atoms with Gasteiger partial charge >= 0.3 is 0 Å². The van der Waals surface area contributed by atoms with Crippen LogP contribution in [0.15, 0.2) is 78.0 Å². The SMILES string of the molecule is CN=C(NCC(c1ccccc1)c1ccccc1)N1CCC(c2cnn(C)c2)C1. The normalized spacial score (nSPS) is 17.1. The molecule has 5 nitrogen and oxygen atoms in total. The summed E-state index contributed by atoms with van der Waals surface area (Å²) in [7, 11) is 3.85. The molecule has 5 heteroatoms. The Kier molecular flexibility index (Phi) is 5.94. The molecule has 1 unspecified atom stereocenters. The molecule has 2 aromatic carbocycles. The van der Waals surface area contributed by atoms with Gasteiger partial charge in [0.1, 0.15) is 0 Å². The van der Waals surface area contributed by atoms with Crippen molar-refractivity contribution in [2.24, 2.45) is 12.0 Å². The third-order valence-corrected chi connectivity index (χ3v) is 5.76. The van der Waals surface area contributed by atoms with Crippen LogP contribution in [0.4, 0.5) is 0 Å². The maximum absolute atomic E-state index is 4.57. The molecule has 29 heavy (non-hydrogen) atoms. The van der Waals surface area contributed by atoms with E-state index >= 15 is 0 Å². The molecule has 1 saturated heterocycles. The molecule has 1 aromatic heterocycles. The fourth-order valence-electron chi connectivity index (χ4n) is 4.20. The summed E-state index contributed by atoms with van der Waals surface area (Å²) in [6.45, 7) is 2.81. The van der Waals surface area contributed by atoms with Gasteiger partial charge in [0, 0.05) is 51.8 Å². The second kappa shape index (κ2) is 8.95. The van der Waals surface area contributed by atoms with Gasteiger partial charge in [-0.05, 0) is 23.1 Å². The lowest BCUT2D eigenvalue weighted by molar-refractivity contribution is 0.484. The highest BCUT2D eigenvalue weighted by molar-refractivity contribution is 5.80. The summed E-state index contributed by atoms with van der Waals surface area (Å²) in [5.74, 6) is 1.78. The van der Waals surface area contributed by atoms with Crippen molar-refractivity contribution in [2.75, 3.05) is 26.7 Å². The van der Waals surface area contributed by atoms with Crippen molar-refractivity contribution in [2.45, 2.75) is 18.3 Å². The first-order valence-electron chi connectivity index (χ1n) is 10.3. The predicted octanol–water partition coefficient (Wildman–Crippen LogP) is 3.62. The Bertz CT molecular complexity index is 893. The summed E-state index contributed by atoms with van der Waals surface area (Å²) in [5.41, 5.74) is 3.95. The third-order valence-electron chi connectivity index (χ3n) is 5.76. The first-order valence-corrected chi connectivity index (χ1v) is 10.3. The molecule has 3 aromatic rings. The molecule has 0 saturated carbocycles. The highest BCUT2D eigenvalue weighted by atomic mass is 15.3. The number of likely N-dealkylation sites (tertiary alicyclic amines) is 1. The largest absolute Gasteiger partial charge is 0.355 e. The maximum Gasteiger partial charge on any atom is 0.193 e. The van der Waals surface area contributed by atoms with E-state index < -0.39 is 0 Å². The number of guanidine groups is 1. The minimum absolute atomic E-state index is 0.283. The van der Waals surface area contributed by atoms with Gasteiger partial charge in [-0.15, -0.1) is 0 Å². The molecule has 0 aliphatic carbocycles. The number of nitrogens with zero attached hydrogens (tertiary/aromatic N) is 4. The minimum Gasteiger partial charge on any atom is -0.355 e. The second-order valence-corrected chi connectivity index (χ2v) is 7.68. The van der Waals surface area contributed by atoms with E-state index in [0.29, 0.717) is 5.92 Å². The molecule has 1 atom stereocenters. The Morgan fingerprint density at radius 2 is 1.76 bits per heavy atom. The van der Waals surface area contributed by atoms with Gasteiger partial charge in [-0.2, -0.15) is 5.10 Å². The van der Waals surface area contributed by atoms with Crippen LogP contribution in [0.5, 0.6) is 0 Å². The Hall–Kier alpha value is -3.08. The third kappa shape index (κ3) is 4.50. The molecule has 2 heterocycles. The maximum atomic E-state index is 4.57. The van der Waals surface area contributed by atoms with Crippen LogP contribution >= 0.6 is 0 Å². The van der Waals surface area contributed by atoms with Crippen molar-refractivity contribution in [3.05, 3.63) is 89.7 Å². The van der Waals surface area contributed by atoms with Crippen LogP contribution in [0.2, 0.25) is 0 Å². The number of rotatable bonds is 5. The average Bonchev–Trinajstić information content (AvgIpc) is 3.42. The van der Waals surface area contributed by atoms with E-state index in [1.807, 2.05) is 25.0 Å². The number of nitrogens with one attached hydrogen (secondary N) is 1. The lowest BCUT2D eigenvalue weighted by Gasteiger charge is -2.25. The summed E-state index contributed by atoms with van der Waals surface area (Å²) in [5, 5.41) is 7.97. The zero-order valence-corrected chi connectivity index (χ0v) is 17.2. The summed E-state index contributed by atoms with van der Waals surface area (Å²) >= 11 is 0. The molecule has 4 rings (SSSR count). The van der Waals surface area contributed by atoms with Gasteiger partial charge in [0.2, 0.25) is 0 Å². The smallest absolute Gasteiger partial charge is 0.193 e. The van der Waals surface area contributed by atoms with Crippen LogP contribution in [-0.4, -0.2) is 47.3 Å². The monoisotopic (exact) mass is 387 g/mol. The summed E-state index contributed by atoms with van der Waals surface area (Å²) in [6.07, 6.45) is 5.25. The molecule has 1 aliphatic heterocycles. The van der Waals surface area contributed by atoms with Gasteiger partial charge in [-0.1, -0.05) is 60.7 Å². The molecule has 0 spiro atoms. The molecule has 1 aliphatic rings. The number of hydrogen-bond acceptors (Lipinski definition) is 2. The molecule has 150 valence electrons. The molecule has 0 amide bonds. The highest BCUT2D eigenvalue weighted by Gasteiger charge is 2.27. The molecule has 0 radical (unpaired) electrons. The number of hydrogen-bond donors (Lipinski definition) is 1. The van der Waals surface area contributed by atoms with Crippen molar-refractivity contribution in [1.29, 1.82) is 0 Å². The van der Waals surface area contributed by atoms with E-state index in [-0.39, 0.29) is 5.92 Å². The predicted molar refractivity (Wildman–Crippen MR) is 118 cm³/mol. The summed E-state index contributed by atoms with van der Waals surface area (Å²) in [4.78, 5) is 6.94. The van der Waals surface area contributed by atoms with E-state index in [1.165, 1.54) is 16.7 Å². The van der Waals surface area contributed by atoms with Gasteiger partial charge in [0.05, 0.1) is 6.20 Å². The zero-order valence-electron chi connectivity index (χ0n) is 17.2. The van der Waals surface area contributed by atoms with Gasteiger partial charge < -0.3 is 10.2 Å². The van der Waals surface area contributed by atoms with Crippen LogP contribution in [-0.2, 0) is 7.05 Å². The van der Waals surface area contributed by atoms with E-state index in [9.17, 15) is 0 Å². The van der Waals surface area contributed by atoms with E-state index in [2.05, 4.69) is 87.2 Å². The van der Waals surface area contributed by atoms with Gasteiger partial charge in [0.25, 0.3) is 0 Å². The average molecular weight is 388 g/mol. The molecule has 1 N–H and O–H groups in total. The lowest BCUT2D eigenvalue weighted by Crippen LogP contribution is -2.41. The number of benzene rings is 2. The number of aliphatic imine (C=N–C) groups is 1. The lowest BCUT2D eigenvalue weighted by atomic mass is 9.91. The van der Waals surface area contributed by atoms with Crippen molar-refractivity contribution in [3.8, 4) is 0 Å². The van der Waals surface area contributed by atoms with Crippen molar-refractivity contribution < 1.29 is 0 Å². The molecular formula is C24H29N5. The highest BCUT2D eigenvalue weighted by Crippen LogP contribution is 2.27. The van der Waals surface area contributed by atoms with Crippen molar-refractivity contribution in [3.63, 3.8) is 0 Å². The Morgan fingerprint density at radius 1 is 1.10 bits per heavy atom. The fourth-order valence-corrected chi connectivity index (χ4v) is 4.20. The second-order valence-electron chi connectivity index (χ2n) is 7.68. The van der Waals surface area contributed by atoms with Gasteiger partial charge in [0.15, 0.2) is 5.96 Å². The quantitative estimate of drug-likeness (QED) is 0.537. The minimum atomic E-state index is 0.283. The summed E-state index contributed by atoms with van der Waals surface area (Å²) in [6, 6.07) is 21.4. The molecular weight excluding hydrogens is 358 g/mol. The number of aryl methyl sites for hydroxylation is 1. The Balaban J connectivity index is 1.45. The van der Waals surface area contributed by atoms with E-state index in [4.69, 9.17) is 0 Å². The Morgan fingerprint density at radius 3 is 2.31 bits per heavy atom. The van der Waals surface area contributed by atoms with E-state index in [0.717, 1.165) is 32.0 Å². The first-order chi connectivity index (χ1) is 14.2. The standard InChI is InChI=1S/C24H29N5/c1-25-24(29-14-13-21(18-29)22-15-27-28(2)17-22)26-16-23(19-9-5-3-6-10-19)20-11-7-4-8-12-20/h3-12,15,17,21,23H,13-14,16,18H2,1-2H3,(H,25,26). The topological polar surface area (TPSA) is 45.5 Å². The van der Waals surface area contributed by atoms with Crippen LogP contribution < -0.4 is 5.32 Å². The summed E-state index contributed by atoms with van der Waals surface area (Å²) < 4.78 is 1.88. The molecule has 0 bridgehead atoms. The van der Waals surface area contributed by atoms with Crippen molar-refractivity contribution in [1.82, 2.24) is 20.0 Å². The zero-order chi connectivity index (χ0) is 20.1. The molecule has 1 fully saturated rings. The first kappa shape index (κ1) is 19.2. The van der Waals surface area contributed by atoms with Crippen LogP contribution in [0.25, 0.3) is 0 Å². The Labute approximate surface area is 173 Å².